The van der Waals surface area contributed by atoms with Crippen LogP contribution in [-0.2, 0) is 4.74 Å². The van der Waals surface area contributed by atoms with Crippen LogP contribution in [0, 0.1) is 17.8 Å². The molecule has 0 radical (unpaired) electrons. The molecule has 128 valence electrons. The lowest BCUT2D eigenvalue weighted by Gasteiger charge is -2.24. The van der Waals surface area contributed by atoms with Crippen molar-refractivity contribution in [3.8, 4) is 5.75 Å². The number of hydrogen-bond donors (Lipinski definition) is 0. The molecule has 2 heteroatoms. The van der Waals surface area contributed by atoms with Gasteiger partial charge in [0.15, 0.2) is 0 Å². The molecular weight excluding hydrogens is 284 g/mol. The summed E-state index contributed by atoms with van der Waals surface area (Å²) >= 11 is 0. The molecule has 0 amide bonds. The van der Waals surface area contributed by atoms with E-state index in [1.807, 2.05) is 0 Å². The number of epoxide rings is 1. The van der Waals surface area contributed by atoms with Crippen LogP contribution in [0.2, 0.25) is 0 Å². The van der Waals surface area contributed by atoms with Crippen molar-refractivity contribution >= 4 is 0 Å². The molecule has 3 rings (SSSR count). The molecule has 0 aromatic heterocycles. The Balaban J connectivity index is 1.53. The lowest BCUT2D eigenvalue weighted by molar-refractivity contribution is 0.217. The first kappa shape index (κ1) is 16.8. The minimum Gasteiger partial charge on any atom is -0.493 e. The summed E-state index contributed by atoms with van der Waals surface area (Å²) in [5, 5.41) is 0. The molecular formula is C21H32O2. The minimum absolute atomic E-state index is 0.544. The first-order chi connectivity index (χ1) is 11.0. The Morgan fingerprint density at radius 3 is 2.39 bits per heavy atom. The number of ether oxygens (including phenoxy) is 2. The maximum Gasteiger partial charge on any atom is 0.119 e. The van der Waals surface area contributed by atoms with Crippen LogP contribution in [0.5, 0.6) is 5.75 Å². The first-order valence-electron chi connectivity index (χ1n) is 9.41. The second-order valence-corrected chi connectivity index (χ2v) is 8.25. The van der Waals surface area contributed by atoms with Crippen molar-refractivity contribution in [1.29, 1.82) is 0 Å². The summed E-state index contributed by atoms with van der Waals surface area (Å²) in [7, 11) is 0. The Hall–Kier alpha value is -1.02. The molecule has 0 N–H and O–H groups in total. The fraction of sp³-hybridized carbons (Fsp3) is 0.714. The van der Waals surface area contributed by atoms with E-state index in [0.29, 0.717) is 30.0 Å². The molecule has 1 saturated heterocycles. The Morgan fingerprint density at radius 1 is 1.04 bits per heavy atom. The Labute approximate surface area is 141 Å². The molecule has 4 atom stereocenters. The van der Waals surface area contributed by atoms with Crippen molar-refractivity contribution in [2.75, 3.05) is 6.61 Å². The topological polar surface area (TPSA) is 21.8 Å². The van der Waals surface area contributed by atoms with Crippen LogP contribution >= 0.6 is 0 Å². The molecule has 4 unspecified atom stereocenters. The van der Waals surface area contributed by atoms with Gasteiger partial charge in [-0.1, -0.05) is 39.8 Å². The van der Waals surface area contributed by atoms with Gasteiger partial charge in [-0.25, -0.2) is 0 Å². The molecule has 1 aliphatic carbocycles. The summed E-state index contributed by atoms with van der Waals surface area (Å²) in [6.07, 6.45) is 6.04. The lowest BCUT2D eigenvalue weighted by Crippen LogP contribution is -2.19. The summed E-state index contributed by atoms with van der Waals surface area (Å²) in [6.45, 7) is 10.1. The Bertz CT molecular complexity index is 491. The van der Waals surface area contributed by atoms with E-state index >= 15 is 0 Å². The lowest BCUT2D eigenvalue weighted by atomic mass is 9.82. The smallest absolute Gasteiger partial charge is 0.119 e. The molecule has 1 aromatic rings. The zero-order chi connectivity index (χ0) is 16.4. The summed E-state index contributed by atoms with van der Waals surface area (Å²) in [6, 6.07) is 8.85. The van der Waals surface area contributed by atoms with Crippen LogP contribution in [0.15, 0.2) is 24.3 Å². The highest BCUT2D eigenvalue weighted by atomic mass is 16.6. The van der Waals surface area contributed by atoms with Crippen molar-refractivity contribution in [2.45, 2.75) is 71.5 Å². The molecule has 0 bridgehead atoms. The van der Waals surface area contributed by atoms with E-state index in [2.05, 4.69) is 52.0 Å². The van der Waals surface area contributed by atoms with Gasteiger partial charge < -0.3 is 9.47 Å². The SMILES string of the molecule is CC(C)CC(c1ccc(OCC2CCC3OC3C2)cc1)C(C)C. The third kappa shape index (κ3) is 4.50. The highest BCUT2D eigenvalue weighted by Gasteiger charge is 2.43. The predicted octanol–water partition coefficient (Wildman–Crippen LogP) is 5.42. The van der Waals surface area contributed by atoms with Gasteiger partial charge in [0.05, 0.1) is 18.8 Å². The second-order valence-electron chi connectivity index (χ2n) is 8.25. The van der Waals surface area contributed by atoms with Gasteiger partial charge in [0.1, 0.15) is 5.75 Å². The van der Waals surface area contributed by atoms with E-state index in [0.717, 1.165) is 18.3 Å². The van der Waals surface area contributed by atoms with E-state index in [9.17, 15) is 0 Å². The fourth-order valence-corrected chi connectivity index (χ4v) is 3.96. The monoisotopic (exact) mass is 316 g/mol. The number of hydrogen-bond acceptors (Lipinski definition) is 2. The molecule has 0 spiro atoms. The van der Waals surface area contributed by atoms with Gasteiger partial charge >= 0.3 is 0 Å². The van der Waals surface area contributed by atoms with Crippen LogP contribution < -0.4 is 4.74 Å². The van der Waals surface area contributed by atoms with Gasteiger partial charge in [-0.05, 0) is 67.1 Å². The van der Waals surface area contributed by atoms with Crippen molar-refractivity contribution < 1.29 is 9.47 Å². The molecule has 23 heavy (non-hydrogen) atoms. The Kier molecular flexibility index (Phi) is 5.31. The van der Waals surface area contributed by atoms with Gasteiger partial charge in [0.2, 0.25) is 0 Å². The molecule has 2 fully saturated rings. The zero-order valence-electron chi connectivity index (χ0n) is 15.1. The predicted molar refractivity (Wildman–Crippen MR) is 95.0 cm³/mol. The zero-order valence-corrected chi connectivity index (χ0v) is 15.1. The molecule has 1 saturated carbocycles. The summed E-state index contributed by atoms with van der Waals surface area (Å²) in [5.74, 6) is 3.74. The van der Waals surface area contributed by atoms with Crippen LogP contribution in [0.1, 0.15) is 64.9 Å². The largest absolute Gasteiger partial charge is 0.493 e. The molecule has 1 aromatic carbocycles. The van der Waals surface area contributed by atoms with Gasteiger partial charge in [-0.3, -0.25) is 0 Å². The molecule has 1 heterocycles. The van der Waals surface area contributed by atoms with E-state index in [4.69, 9.17) is 9.47 Å². The highest BCUT2D eigenvalue weighted by Crippen LogP contribution is 2.39. The second kappa shape index (κ2) is 7.25. The van der Waals surface area contributed by atoms with E-state index in [1.165, 1.54) is 31.2 Å². The number of rotatable bonds is 7. The standard InChI is InChI=1S/C21H32O2/c1-14(2)11-19(15(3)4)17-6-8-18(9-7-17)22-13-16-5-10-20-21(12-16)23-20/h6-9,14-16,19-21H,5,10-13H2,1-4H3. The normalized spacial score (nSPS) is 27.8. The van der Waals surface area contributed by atoms with E-state index < -0.39 is 0 Å². The molecule has 1 aliphatic heterocycles. The molecule has 2 aliphatic rings. The van der Waals surface area contributed by atoms with Crippen molar-refractivity contribution in [1.82, 2.24) is 0 Å². The maximum absolute atomic E-state index is 6.03. The average Bonchev–Trinajstić information content (AvgIpc) is 3.29. The summed E-state index contributed by atoms with van der Waals surface area (Å²) < 4.78 is 11.6. The quantitative estimate of drug-likeness (QED) is 0.627. The van der Waals surface area contributed by atoms with Crippen LogP contribution in [0.25, 0.3) is 0 Å². The van der Waals surface area contributed by atoms with Crippen LogP contribution in [0.3, 0.4) is 0 Å². The fourth-order valence-electron chi connectivity index (χ4n) is 3.96. The number of benzene rings is 1. The summed E-state index contributed by atoms with van der Waals surface area (Å²) in [5.41, 5.74) is 1.45. The van der Waals surface area contributed by atoms with Gasteiger partial charge in [0.25, 0.3) is 0 Å². The number of fused-ring (bicyclic) bond motifs is 1. The van der Waals surface area contributed by atoms with E-state index in [1.54, 1.807) is 0 Å². The van der Waals surface area contributed by atoms with Crippen molar-refractivity contribution in [3.05, 3.63) is 29.8 Å². The van der Waals surface area contributed by atoms with Crippen LogP contribution in [0.4, 0.5) is 0 Å². The van der Waals surface area contributed by atoms with Gasteiger partial charge in [-0.15, -0.1) is 0 Å². The minimum atomic E-state index is 0.544. The maximum atomic E-state index is 6.03. The Morgan fingerprint density at radius 2 is 1.78 bits per heavy atom. The highest BCUT2D eigenvalue weighted by molar-refractivity contribution is 5.29. The van der Waals surface area contributed by atoms with Gasteiger partial charge in [0, 0.05) is 0 Å². The van der Waals surface area contributed by atoms with Crippen LogP contribution in [-0.4, -0.2) is 18.8 Å². The third-order valence-corrected chi connectivity index (χ3v) is 5.44. The average molecular weight is 316 g/mol. The first-order valence-corrected chi connectivity index (χ1v) is 9.41. The van der Waals surface area contributed by atoms with Gasteiger partial charge in [-0.2, -0.15) is 0 Å². The van der Waals surface area contributed by atoms with Crippen molar-refractivity contribution in [3.63, 3.8) is 0 Å². The summed E-state index contributed by atoms with van der Waals surface area (Å²) in [4.78, 5) is 0. The van der Waals surface area contributed by atoms with E-state index in [-0.39, 0.29) is 0 Å². The third-order valence-electron chi connectivity index (χ3n) is 5.44. The molecule has 2 nitrogen and oxygen atoms in total. The van der Waals surface area contributed by atoms with Crippen molar-refractivity contribution in [2.24, 2.45) is 17.8 Å².